The second kappa shape index (κ2) is 8.09. The zero-order chi connectivity index (χ0) is 14.2. The van der Waals surface area contributed by atoms with Gasteiger partial charge in [-0.25, -0.2) is 0 Å². The highest BCUT2D eigenvalue weighted by molar-refractivity contribution is 5.37. The average Bonchev–Trinajstić information content (AvgIpc) is 2.46. The second-order valence-electron chi connectivity index (χ2n) is 5.91. The third-order valence-electron chi connectivity index (χ3n) is 4.01. The van der Waals surface area contributed by atoms with Crippen LogP contribution in [-0.2, 0) is 6.54 Å². The molecule has 0 radical (unpaired) electrons. The highest BCUT2D eigenvalue weighted by atomic mass is 15.1. The molecule has 0 spiro atoms. The predicted molar refractivity (Wildman–Crippen MR) is 85.3 cm³/mol. The van der Waals surface area contributed by atoms with Crippen molar-refractivity contribution in [2.24, 2.45) is 11.7 Å². The molecule has 0 atom stereocenters. The summed E-state index contributed by atoms with van der Waals surface area (Å²) in [4.78, 5) is 2.45. The highest BCUT2D eigenvalue weighted by Crippen LogP contribution is 2.24. The van der Waals surface area contributed by atoms with E-state index >= 15 is 0 Å². The molecule has 0 amide bonds. The van der Waals surface area contributed by atoms with Gasteiger partial charge in [0.05, 0.1) is 6.54 Å². The quantitative estimate of drug-likeness (QED) is 0.852. The molecule has 2 heteroatoms. The van der Waals surface area contributed by atoms with E-state index in [2.05, 4.69) is 42.0 Å². The Hall–Kier alpha value is -1.30. The number of nitrogens with zero attached hydrogens (tertiary/aromatic N) is 1. The maximum Gasteiger partial charge on any atom is 0.0555 e. The molecule has 1 fully saturated rings. The summed E-state index contributed by atoms with van der Waals surface area (Å²) < 4.78 is 0. The summed E-state index contributed by atoms with van der Waals surface area (Å²) in [7, 11) is 2.23. The van der Waals surface area contributed by atoms with Crippen LogP contribution >= 0.6 is 0 Å². The lowest BCUT2D eigenvalue weighted by Gasteiger charge is -2.27. The minimum Gasteiger partial charge on any atom is -0.320 e. The normalized spacial score (nSPS) is 15.9. The molecule has 1 aliphatic carbocycles. The standard InChI is InChI=1S/C18H26N2/c1-20(14-17-7-3-2-4-8-17)15-18-10-5-9-16(13-18)11-6-12-19/h5,9-10,13,17H,2-4,7-8,12,14-15,19H2,1H3. The summed E-state index contributed by atoms with van der Waals surface area (Å²) in [5, 5.41) is 0. The van der Waals surface area contributed by atoms with Crippen molar-refractivity contribution in [3.8, 4) is 11.8 Å². The van der Waals surface area contributed by atoms with Crippen LogP contribution in [0.3, 0.4) is 0 Å². The smallest absolute Gasteiger partial charge is 0.0555 e. The van der Waals surface area contributed by atoms with Gasteiger partial charge in [0.2, 0.25) is 0 Å². The first-order valence-corrected chi connectivity index (χ1v) is 7.74. The molecule has 108 valence electrons. The minimum atomic E-state index is 0.422. The Morgan fingerprint density at radius 2 is 2.05 bits per heavy atom. The molecule has 0 aliphatic heterocycles. The van der Waals surface area contributed by atoms with Crippen LogP contribution in [0, 0.1) is 17.8 Å². The van der Waals surface area contributed by atoms with Gasteiger partial charge in [0.15, 0.2) is 0 Å². The first kappa shape index (κ1) is 15.1. The summed E-state index contributed by atoms with van der Waals surface area (Å²) in [6.07, 6.45) is 7.09. The Kier molecular flexibility index (Phi) is 6.11. The summed E-state index contributed by atoms with van der Waals surface area (Å²) in [6.45, 7) is 2.65. The van der Waals surface area contributed by atoms with E-state index in [9.17, 15) is 0 Å². The van der Waals surface area contributed by atoms with Crippen molar-refractivity contribution in [3.05, 3.63) is 35.4 Å². The van der Waals surface area contributed by atoms with E-state index < -0.39 is 0 Å². The van der Waals surface area contributed by atoms with Crippen molar-refractivity contribution >= 4 is 0 Å². The van der Waals surface area contributed by atoms with E-state index in [1.165, 1.54) is 44.2 Å². The lowest BCUT2D eigenvalue weighted by Crippen LogP contribution is -2.26. The Morgan fingerprint density at radius 1 is 1.25 bits per heavy atom. The van der Waals surface area contributed by atoms with E-state index in [1.54, 1.807) is 0 Å². The van der Waals surface area contributed by atoms with Crippen molar-refractivity contribution < 1.29 is 0 Å². The summed E-state index contributed by atoms with van der Waals surface area (Å²) in [5.74, 6) is 6.92. The topological polar surface area (TPSA) is 29.3 Å². The lowest BCUT2D eigenvalue weighted by molar-refractivity contribution is 0.228. The molecule has 0 aromatic heterocycles. The predicted octanol–water partition coefficient (Wildman–Crippen LogP) is 3.01. The van der Waals surface area contributed by atoms with E-state index in [0.717, 1.165) is 18.0 Å². The molecule has 0 heterocycles. The van der Waals surface area contributed by atoms with Crippen LogP contribution in [0.1, 0.15) is 43.2 Å². The molecule has 1 aromatic rings. The molecule has 1 aliphatic rings. The first-order chi connectivity index (χ1) is 9.78. The van der Waals surface area contributed by atoms with Crippen LogP contribution in [-0.4, -0.2) is 25.0 Å². The maximum absolute atomic E-state index is 5.42. The second-order valence-corrected chi connectivity index (χ2v) is 5.91. The molecule has 2 rings (SSSR count). The third-order valence-corrected chi connectivity index (χ3v) is 4.01. The fraction of sp³-hybridized carbons (Fsp3) is 0.556. The van der Waals surface area contributed by atoms with Gasteiger partial charge in [-0.3, -0.25) is 0 Å². The lowest BCUT2D eigenvalue weighted by atomic mass is 9.89. The van der Waals surface area contributed by atoms with Gasteiger partial charge in [-0.2, -0.15) is 0 Å². The van der Waals surface area contributed by atoms with Gasteiger partial charge in [-0.05, 0) is 43.5 Å². The Balaban J connectivity index is 1.88. The molecule has 1 aromatic carbocycles. The molecular formula is C18H26N2. The zero-order valence-corrected chi connectivity index (χ0v) is 12.6. The Morgan fingerprint density at radius 3 is 2.80 bits per heavy atom. The molecular weight excluding hydrogens is 244 g/mol. The van der Waals surface area contributed by atoms with Crippen LogP contribution in [0.4, 0.5) is 0 Å². The van der Waals surface area contributed by atoms with Gasteiger partial charge in [0.1, 0.15) is 0 Å². The summed E-state index contributed by atoms with van der Waals surface area (Å²) in [5.41, 5.74) is 7.83. The number of benzene rings is 1. The van der Waals surface area contributed by atoms with E-state index in [4.69, 9.17) is 5.73 Å². The van der Waals surface area contributed by atoms with Crippen molar-refractivity contribution in [2.75, 3.05) is 20.1 Å². The average molecular weight is 270 g/mol. The molecule has 20 heavy (non-hydrogen) atoms. The highest BCUT2D eigenvalue weighted by Gasteiger charge is 2.15. The van der Waals surface area contributed by atoms with Crippen molar-refractivity contribution in [2.45, 2.75) is 38.6 Å². The van der Waals surface area contributed by atoms with Crippen molar-refractivity contribution in [3.63, 3.8) is 0 Å². The van der Waals surface area contributed by atoms with Gasteiger partial charge in [-0.1, -0.05) is 43.2 Å². The SMILES string of the molecule is CN(Cc1cccc(C#CCN)c1)CC1CCCCC1. The molecule has 1 saturated carbocycles. The van der Waals surface area contributed by atoms with Crippen LogP contribution in [0.5, 0.6) is 0 Å². The van der Waals surface area contributed by atoms with Gasteiger partial charge in [0, 0.05) is 18.7 Å². The van der Waals surface area contributed by atoms with Gasteiger partial charge in [-0.15, -0.1) is 0 Å². The number of rotatable bonds is 4. The molecule has 0 saturated heterocycles. The Labute approximate surface area is 123 Å². The number of nitrogens with two attached hydrogens (primary N) is 1. The molecule has 0 bridgehead atoms. The third kappa shape index (κ3) is 5.00. The van der Waals surface area contributed by atoms with E-state index in [0.29, 0.717) is 6.54 Å². The molecule has 0 unspecified atom stereocenters. The van der Waals surface area contributed by atoms with Crippen LogP contribution in [0.25, 0.3) is 0 Å². The van der Waals surface area contributed by atoms with Crippen LogP contribution in [0.15, 0.2) is 24.3 Å². The fourth-order valence-corrected chi connectivity index (χ4v) is 3.09. The molecule has 2 nitrogen and oxygen atoms in total. The van der Waals surface area contributed by atoms with Crippen molar-refractivity contribution in [1.82, 2.24) is 4.90 Å². The molecule has 2 N–H and O–H groups in total. The summed E-state index contributed by atoms with van der Waals surface area (Å²) >= 11 is 0. The van der Waals surface area contributed by atoms with Gasteiger partial charge < -0.3 is 10.6 Å². The van der Waals surface area contributed by atoms with Gasteiger partial charge in [0.25, 0.3) is 0 Å². The first-order valence-electron chi connectivity index (χ1n) is 7.74. The van der Waals surface area contributed by atoms with E-state index in [1.807, 2.05) is 6.07 Å². The monoisotopic (exact) mass is 270 g/mol. The summed E-state index contributed by atoms with van der Waals surface area (Å²) in [6, 6.07) is 8.50. The largest absolute Gasteiger partial charge is 0.320 e. The Bertz CT molecular complexity index is 464. The van der Waals surface area contributed by atoms with Crippen molar-refractivity contribution in [1.29, 1.82) is 0 Å². The minimum absolute atomic E-state index is 0.422. The maximum atomic E-state index is 5.42. The number of hydrogen-bond acceptors (Lipinski definition) is 2. The van der Waals surface area contributed by atoms with E-state index in [-0.39, 0.29) is 0 Å². The van der Waals surface area contributed by atoms with Crippen LogP contribution in [0.2, 0.25) is 0 Å². The van der Waals surface area contributed by atoms with Gasteiger partial charge >= 0.3 is 0 Å². The number of hydrogen-bond donors (Lipinski definition) is 1. The fourth-order valence-electron chi connectivity index (χ4n) is 3.09. The van der Waals surface area contributed by atoms with Crippen LogP contribution < -0.4 is 5.73 Å². The zero-order valence-electron chi connectivity index (χ0n) is 12.6.